The molecule has 1 N–H and O–H groups in total. The molecule has 11 heavy (non-hydrogen) atoms. The number of nitrogens with one attached hydrogen (secondary N) is 1. The predicted molar refractivity (Wildman–Crippen MR) is 43.9 cm³/mol. The van der Waals surface area contributed by atoms with E-state index >= 15 is 0 Å². The van der Waals surface area contributed by atoms with Gasteiger partial charge in [-0.1, -0.05) is 0 Å². The molecule has 0 aromatic heterocycles. The van der Waals surface area contributed by atoms with Crippen LogP contribution in [0.4, 0.5) is 0 Å². The highest BCUT2D eigenvalue weighted by Gasteiger charge is 2.27. The zero-order valence-corrected chi connectivity index (χ0v) is 7.69. The first-order chi connectivity index (χ1) is 4.99. The minimum Gasteiger partial charge on any atom is -0.252 e. The van der Waals surface area contributed by atoms with Gasteiger partial charge in [0.15, 0.2) is 9.84 Å². The van der Waals surface area contributed by atoms with Crippen LogP contribution in [0.3, 0.4) is 0 Å². The summed E-state index contributed by atoms with van der Waals surface area (Å²) in [5.74, 6) is 0.615. The number of hydrogen-bond donors (Lipinski definition) is 1. The molecule has 0 radical (unpaired) electrons. The largest absolute Gasteiger partial charge is 0.252 e. The van der Waals surface area contributed by atoms with Crippen LogP contribution in [0.2, 0.25) is 0 Å². The molecule has 1 aliphatic heterocycles. The van der Waals surface area contributed by atoms with Crippen molar-refractivity contribution in [2.45, 2.75) is 12.5 Å². The quantitative estimate of drug-likeness (QED) is 0.565. The lowest BCUT2D eigenvalue weighted by Gasteiger charge is -2.16. The molecule has 0 unspecified atom stereocenters. The smallest absolute Gasteiger partial charge is 0.151 e. The SMILES string of the molecule is CN(C)N[C@@H]1CCS(=O)(=O)C1. The van der Waals surface area contributed by atoms with Crippen molar-refractivity contribution in [3.8, 4) is 0 Å². The Bertz CT molecular complexity index is 223. The lowest BCUT2D eigenvalue weighted by atomic mass is 10.3. The van der Waals surface area contributed by atoms with Gasteiger partial charge in [0.05, 0.1) is 11.5 Å². The highest BCUT2D eigenvalue weighted by Crippen LogP contribution is 2.10. The van der Waals surface area contributed by atoms with Crippen LogP contribution in [0.5, 0.6) is 0 Å². The third-order valence-electron chi connectivity index (χ3n) is 1.67. The number of nitrogens with zero attached hydrogens (tertiary/aromatic N) is 1. The van der Waals surface area contributed by atoms with E-state index in [2.05, 4.69) is 5.43 Å². The topological polar surface area (TPSA) is 49.4 Å². The standard InChI is InChI=1S/C6H14N2O2S/c1-8(2)7-6-3-4-11(9,10)5-6/h6-7H,3-5H2,1-2H3/t6-/m1/s1. The van der Waals surface area contributed by atoms with Gasteiger partial charge in [0.2, 0.25) is 0 Å². The molecule has 0 spiro atoms. The first-order valence-corrected chi connectivity index (χ1v) is 5.46. The minimum atomic E-state index is -2.73. The summed E-state index contributed by atoms with van der Waals surface area (Å²) < 4.78 is 21.9. The maximum Gasteiger partial charge on any atom is 0.151 e. The van der Waals surface area contributed by atoms with E-state index in [1.54, 1.807) is 5.01 Å². The van der Waals surface area contributed by atoms with Crippen molar-refractivity contribution in [2.75, 3.05) is 25.6 Å². The summed E-state index contributed by atoms with van der Waals surface area (Å²) in [6.07, 6.45) is 0.737. The Morgan fingerprint density at radius 3 is 2.45 bits per heavy atom. The zero-order valence-electron chi connectivity index (χ0n) is 6.87. The highest BCUT2D eigenvalue weighted by molar-refractivity contribution is 7.91. The minimum absolute atomic E-state index is 0.120. The summed E-state index contributed by atoms with van der Waals surface area (Å²) >= 11 is 0. The fourth-order valence-corrected chi connectivity index (χ4v) is 2.93. The van der Waals surface area contributed by atoms with Crippen LogP contribution in [-0.4, -0.2) is 45.1 Å². The van der Waals surface area contributed by atoms with Crippen molar-refractivity contribution in [2.24, 2.45) is 0 Å². The number of hydrogen-bond acceptors (Lipinski definition) is 4. The molecular weight excluding hydrogens is 164 g/mol. The molecule has 1 rings (SSSR count). The average molecular weight is 178 g/mol. The maximum atomic E-state index is 11.0. The van der Waals surface area contributed by atoms with Crippen molar-refractivity contribution < 1.29 is 8.42 Å². The molecule has 5 heteroatoms. The van der Waals surface area contributed by atoms with Gasteiger partial charge in [0.25, 0.3) is 0 Å². The van der Waals surface area contributed by atoms with Crippen LogP contribution >= 0.6 is 0 Å². The third-order valence-corrected chi connectivity index (χ3v) is 3.44. The van der Waals surface area contributed by atoms with Gasteiger partial charge in [-0.25, -0.2) is 8.42 Å². The summed E-state index contributed by atoms with van der Waals surface area (Å²) in [4.78, 5) is 0. The normalized spacial score (nSPS) is 29.5. The Kier molecular flexibility index (Phi) is 2.51. The molecule has 1 fully saturated rings. The Hall–Kier alpha value is -0.130. The van der Waals surface area contributed by atoms with E-state index in [0.29, 0.717) is 5.75 Å². The van der Waals surface area contributed by atoms with Crippen LogP contribution in [0.15, 0.2) is 0 Å². The summed E-state index contributed by atoms with van der Waals surface area (Å²) in [5, 5.41) is 1.80. The van der Waals surface area contributed by atoms with Gasteiger partial charge in [-0.15, -0.1) is 0 Å². The molecule has 1 aliphatic rings. The van der Waals surface area contributed by atoms with Gasteiger partial charge in [0.1, 0.15) is 0 Å². The second-order valence-corrected chi connectivity index (χ2v) is 5.35. The van der Waals surface area contributed by atoms with E-state index in [-0.39, 0.29) is 11.8 Å². The molecule has 0 aliphatic carbocycles. The average Bonchev–Trinajstić information content (AvgIpc) is 2.08. The Labute approximate surface area is 67.5 Å². The van der Waals surface area contributed by atoms with Crippen molar-refractivity contribution >= 4 is 9.84 Å². The second-order valence-electron chi connectivity index (χ2n) is 3.12. The summed E-state index contributed by atoms with van der Waals surface area (Å²) in [5.41, 5.74) is 3.05. The van der Waals surface area contributed by atoms with E-state index in [1.807, 2.05) is 14.1 Å². The maximum absolute atomic E-state index is 11.0. The molecule has 0 amide bonds. The van der Waals surface area contributed by atoms with Crippen LogP contribution in [0.25, 0.3) is 0 Å². The van der Waals surface area contributed by atoms with Crippen molar-refractivity contribution in [1.82, 2.24) is 10.4 Å². The predicted octanol–water partition coefficient (Wildman–Crippen LogP) is -0.760. The lowest BCUT2D eigenvalue weighted by molar-refractivity contribution is 0.252. The molecule has 1 saturated heterocycles. The molecule has 0 bridgehead atoms. The number of hydrazine groups is 1. The van der Waals surface area contributed by atoms with Gasteiger partial charge < -0.3 is 0 Å². The van der Waals surface area contributed by atoms with Crippen LogP contribution in [0.1, 0.15) is 6.42 Å². The van der Waals surface area contributed by atoms with E-state index in [4.69, 9.17) is 0 Å². The Balaban J connectivity index is 2.43. The molecule has 1 atom stereocenters. The molecule has 4 nitrogen and oxygen atoms in total. The fraction of sp³-hybridized carbons (Fsp3) is 1.00. The van der Waals surface area contributed by atoms with E-state index in [0.717, 1.165) is 6.42 Å². The second kappa shape index (κ2) is 3.08. The van der Waals surface area contributed by atoms with Gasteiger partial charge >= 0.3 is 0 Å². The van der Waals surface area contributed by atoms with E-state index in [9.17, 15) is 8.42 Å². The number of rotatable bonds is 2. The van der Waals surface area contributed by atoms with Gasteiger partial charge in [0, 0.05) is 20.1 Å². The molecule has 0 saturated carbocycles. The van der Waals surface area contributed by atoms with Crippen LogP contribution in [0, 0.1) is 0 Å². The molecule has 0 aromatic rings. The summed E-state index contributed by atoms with van der Waals surface area (Å²) in [6.45, 7) is 0. The molecule has 0 aromatic carbocycles. The van der Waals surface area contributed by atoms with E-state index < -0.39 is 9.84 Å². The monoisotopic (exact) mass is 178 g/mol. The number of sulfone groups is 1. The van der Waals surface area contributed by atoms with Crippen LogP contribution in [-0.2, 0) is 9.84 Å². The van der Waals surface area contributed by atoms with Crippen molar-refractivity contribution in [1.29, 1.82) is 0 Å². The fourth-order valence-electron chi connectivity index (χ4n) is 1.26. The van der Waals surface area contributed by atoms with Crippen molar-refractivity contribution in [3.63, 3.8) is 0 Å². The van der Waals surface area contributed by atoms with Crippen molar-refractivity contribution in [3.05, 3.63) is 0 Å². The van der Waals surface area contributed by atoms with Gasteiger partial charge in [-0.3, -0.25) is 10.4 Å². The lowest BCUT2D eigenvalue weighted by Crippen LogP contribution is -2.40. The molecular formula is C6H14N2O2S. The third kappa shape index (κ3) is 2.76. The van der Waals surface area contributed by atoms with Gasteiger partial charge in [-0.05, 0) is 6.42 Å². The Morgan fingerprint density at radius 2 is 2.09 bits per heavy atom. The summed E-state index contributed by atoms with van der Waals surface area (Å²) in [6, 6.07) is 0.120. The van der Waals surface area contributed by atoms with Crippen LogP contribution < -0.4 is 5.43 Å². The summed E-state index contributed by atoms with van der Waals surface area (Å²) in [7, 11) is 1.00. The first kappa shape index (κ1) is 8.96. The zero-order chi connectivity index (χ0) is 8.48. The Morgan fingerprint density at radius 1 is 1.45 bits per heavy atom. The highest BCUT2D eigenvalue weighted by atomic mass is 32.2. The van der Waals surface area contributed by atoms with Gasteiger partial charge in [-0.2, -0.15) is 0 Å². The first-order valence-electron chi connectivity index (χ1n) is 3.63. The molecule has 1 heterocycles. The molecule has 66 valence electrons. The van der Waals surface area contributed by atoms with E-state index in [1.165, 1.54) is 0 Å².